The number of amides is 1. The van der Waals surface area contributed by atoms with E-state index in [-0.39, 0.29) is 5.91 Å². The molecule has 1 aromatic rings. The number of carbonyl (C=O) groups is 1. The smallest absolute Gasteiger partial charge is 0.256 e. The van der Waals surface area contributed by atoms with Gasteiger partial charge in [0.15, 0.2) is 5.72 Å². The number of rotatable bonds is 5. The predicted molar refractivity (Wildman–Crippen MR) is 91.9 cm³/mol. The van der Waals surface area contributed by atoms with Gasteiger partial charge < -0.3 is 10.0 Å². The second-order valence-electron chi connectivity index (χ2n) is 6.27. The Balaban J connectivity index is 1.92. The molecule has 0 fully saturated rings. The maximum Gasteiger partial charge on any atom is 0.256 e. The van der Waals surface area contributed by atoms with E-state index >= 15 is 0 Å². The van der Waals surface area contributed by atoms with Crippen molar-refractivity contribution >= 4 is 17.5 Å². The number of hydrogen-bond acceptors (Lipinski definition) is 2. The molecule has 1 aliphatic heterocycles. The van der Waals surface area contributed by atoms with E-state index in [0.717, 1.165) is 36.8 Å². The van der Waals surface area contributed by atoms with Crippen molar-refractivity contribution in [2.24, 2.45) is 0 Å². The number of allylic oxidation sites excluding steroid dienone is 1. The van der Waals surface area contributed by atoms with Crippen LogP contribution in [0.1, 0.15) is 44.6 Å². The summed E-state index contributed by atoms with van der Waals surface area (Å²) >= 11 is 5.93. The number of halogens is 1. The van der Waals surface area contributed by atoms with Gasteiger partial charge in [0.05, 0.1) is 0 Å². The molecule has 0 aromatic heterocycles. The lowest BCUT2D eigenvalue weighted by atomic mass is 9.89. The molecule has 0 radical (unpaired) electrons. The molecule has 3 nitrogen and oxygen atoms in total. The molecule has 1 aromatic carbocycles. The monoisotopic (exact) mass is 331 g/mol. The highest BCUT2D eigenvalue weighted by molar-refractivity contribution is 6.30. The fourth-order valence-electron chi connectivity index (χ4n) is 3.44. The first-order valence-corrected chi connectivity index (χ1v) is 8.63. The van der Waals surface area contributed by atoms with Crippen LogP contribution in [0, 0.1) is 0 Å². The first kappa shape index (κ1) is 16.3. The van der Waals surface area contributed by atoms with E-state index in [9.17, 15) is 9.90 Å². The lowest BCUT2D eigenvalue weighted by molar-refractivity contribution is -0.145. The molecule has 0 saturated heterocycles. The van der Waals surface area contributed by atoms with Crippen molar-refractivity contribution in [3.8, 4) is 0 Å². The van der Waals surface area contributed by atoms with Gasteiger partial charge in [-0.25, -0.2) is 0 Å². The fraction of sp³-hybridized carbons (Fsp3) is 0.421. The molecule has 1 amide bonds. The summed E-state index contributed by atoms with van der Waals surface area (Å²) < 4.78 is 0. The topological polar surface area (TPSA) is 40.5 Å². The van der Waals surface area contributed by atoms with Crippen molar-refractivity contribution in [2.75, 3.05) is 0 Å². The van der Waals surface area contributed by atoms with Crippen molar-refractivity contribution in [3.63, 3.8) is 0 Å². The van der Waals surface area contributed by atoms with Gasteiger partial charge in [0.25, 0.3) is 5.91 Å². The number of aliphatic hydroxyl groups is 1. The molecule has 0 bridgehead atoms. The Labute approximate surface area is 142 Å². The molecular formula is C19H22ClNO2. The van der Waals surface area contributed by atoms with Crippen LogP contribution in [0.3, 0.4) is 0 Å². The Morgan fingerprint density at radius 1 is 1.30 bits per heavy atom. The highest BCUT2D eigenvalue weighted by Crippen LogP contribution is 2.43. The van der Waals surface area contributed by atoms with Crippen molar-refractivity contribution in [1.82, 2.24) is 4.90 Å². The second-order valence-corrected chi connectivity index (χ2v) is 6.71. The van der Waals surface area contributed by atoms with Gasteiger partial charge in [-0.2, -0.15) is 0 Å². The summed E-state index contributed by atoms with van der Waals surface area (Å²) in [6.45, 7) is 2.50. The standard InChI is InChI=1S/C19H22ClNO2/c1-2-3-12-19(23)17-7-5-4-6-16(17)18(22)21(19)13-14-8-10-15(20)11-9-14/h4,6,8-11,23H,2-3,5,7,12-13H2,1H3. The molecule has 4 heteroatoms. The molecule has 122 valence electrons. The first-order chi connectivity index (χ1) is 11.1. The second kappa shape index (κ2) is 6.50. The van der Waals surface area contributed by atoms with Gasteiger partial charge in [-0.15, -0.1) is 0 Å². The van der Waals surface area contributed by atoms with Crippen LogP contribution in [0.15, 0.2) is 47.6 Å². The number of benzene rings is 1. The van der Waals surface area contributed by atoms with Gasteiger partial charge in [0.2, 0.25) is 0 Å². The van der Waals surface area contributed by atoms with Crippen LogP contribution in [0.2, 0.25) is 5.02 Å². The Morgan fingerprint density at radius 2 is 2.04 bits per heavy atom. The van der Waals surface area contributed by atoms with Gasteiger partial charge >= 0.3 is 0 Å². The van der Waals surface area contributed by atoms with Gasteiger partial charge in [0, 0.05) is 17.1 Å². The third-order valence-electron chi connectivity index (χ3n) is 4.71. The summed E-state index contributed by atoms with van der Waals surface area (Å²) in [5.41, 5.74) is 1.41. The van der Waals surface area contributed by atoms with Crippen LogP contribution in [0.4, 0.5) is 0 Å². The number of hydrogen-bond donors (Lipinski definition) is 1. The molecule has 1 heterocycles. The van der Waals surface area contributed by atoms with Gasteiger partial charge in [0.1, 0.15) is 0 Å². The highest BCUT2D eigenvalue weighted by Gasteiger charge is 2.48. The normalized spacial score (nSPS) is 23.6. The quantitative estimate of drug-likeness (QED) is 0.878. The molecule has 0 saturated carbocycles. The minimum Gasteiger partial charge on any atom is -0.367 e. The summed E-state index contributed by atoms with van der Waals surface area (Å²) in [5.74, 6) is -0.0653. The summed E-state index contributed by atoms with van der Waals surface area (Å²) in [5, 5.41) is 12.0. The Bertz CT molecular complexity index is 662. The zero-order valence-corrected chi connectivity index (χ0v) is 14.1. The largest absolute Gasteiger partial charge is 0.367 e. The number of carbonyl (C=O) groups excluding carboxylic acids is 1. The zero-order chi connectivity index (χ0) is 16.4. The van der Waals surface area contributed by atoms with E-state index in [4.69, 9.17) is 11.6 Å². The third kappa shape index (κ3) is 2.96. The highest BCUT2D eigenvalue weighted by atomic mass is 35.5. The van der Waals surface area contributed by atoms with Crippen LogP contribution < -0.4 is 0 Å². The average Bonchev–Trinajstić information content (AvgIpc) is 2.78. The summed E-state index contributed by atoms with van der Waals surface area (Å²) in [7, 11) is 0. The van der Waals surface area contributed by atoms with Crippen molar-refractivity contribution < 1.29 is 9.90 Å². The lowest BCUT2D eigenvalue weighted by Crippen LogP contribution is -2.47. The van der Waals surface area contributed by atoms with Crippen molar-refractivity contribution in [2.45, 2.75) is 51.3 Å². The molecular weight excluding hydrogens is 310 g/mol. The van der Waals surface area contributed by atoms with Crippen LogP contribution >= 0.6 is 11.6 Å². The zero-order valence-electron chi connectivity index (χ0n) is 13.4. The SMILES string of the molecule is CCCCC1(O)C2=C(C=CCC2)C(=O)N1Cc1ccc(Cl)cc1. The Morgan fingerprint density at radius 3 is 2.74 bits per heavy atom. The maximum atomic E-state index is 12.8. The summed E-state index contributed by atoms with van der Waals surface area (Å²) in [6, 6.07) is 7.44. The van der Waals surface area contributed by atoms with Gasteiger partial charge in [-0.05, 0) is 49.0 Å². The van der Waals surface area contributed by atoms with E-state index < -0.39 is 5.72 Å². The molecule has 23 heavy (non-hydrogen) atoms. The molecule has 3 rings (SSSR count). The molecule has 2 aliphatic rings. The first-order valence-electron chi connectivity index (χ1n) is 8.25. The summed E-state index contributed by atoms with van der Waals surface area (Å²) in [4.78, 5) is 14.5. The van der Waals surface area contributed by atoms with Crippen LogP contribution in [-0.2, 0) is 11.3 Å². The average molecular weight is 332 g/mol. The Hall–Kier alpha value is -1.58. The van der Waals surface area contributed by atoms with Crippen molar-refractivity contribution in [1.29, 1.82) is 0 Å². The molecule has 1 atom stereocenters. The number of nitrogens with zero attached hydrogens (tertiary/aromatic N) is 1. The minimum atomic E-state index is -1.15. The molecule has 1 unspecified atom stereocenters. The molecule has 1 aliphatic carbocycles. The fourth-order valence-corrected chi connectivity index (χ4v) is 3.57. The minimum absolute atomic E-state index is 0.0653. The van der Waals surface area contributed by atoms with E-state index in [1.807, 2.05) is 36.4 Å². The van der Waals surface area contributed by atoms with E-state index in [0.29, 0.717) is 23.6 Å². The van der Waals surface area contributed by atoms with E-state index in [1.54, 1.807) is 4.90 Å². The number of unbranched alkanes of at least 4 members (excludes halogenated alkanes) is 1. The predicted octanol–water partition coefficient (Wildman–Crippen LogP) is 4.21. The lowest BCUT2D eigenvalue weighted by Gasteiger charge is -2.36. The summed E-state index contributed by atoms with van der Waals surface area (Å²) in [6.07, 6.45) is 8.01. The van der Waals surface area contributed by atoms with Crippen molar-refractivity contribution in [3.05, 3.63) is 58.1 Å². The third-order valence-corrected chi connectivity index (χ3v) is 4.96. The van der Waals surface area contributed by atoms with Crippen LogP contribution in [0.5, 0.6) is 0 Å². The Kier molecular flexibility index (Phi) is 4.60. The van der Waals surface area contributed by atoms with Crippen LogP contribution in [0.25, 0.3) is 0 Å². The van der Waals surface area contributed by atoms with Gasteiger partial charge in [-0.3, -0.25) is 4.79 Å². The van der Waals surface area contributed by atoms with E-state index in [1.165, 1.54) is 0 Å². The molecule has 1 N–H and O–H groups in total. The maximum absolute atomic E-state index is 12.8. The van der Waals surface area contributed by atoms with E-state index in [2.05, 4.69) is 6.92 Å². The molecule has 0 spiro atoms. The van der Waals surface area contributed by atoms with Crippen LogP contribution in [-0.4, -0.2) is 21.6 Å². The van der Waals surface area contributed by atoms with Gasteiger partial charge in [-0.1, -0.05) is 49.2 Å².